The quantitative estimate of drug-likeness (QED) is 0.596. The summed E-state index contributed by atoms with van der Waals surface area (Å²) in [6.07, 6.45) is 0.879. The van der Waals surface area contributed by atoms with Crippen LogP contribution in [-0.4, -0.2) is 62.1 Å². The van der Waals surface area contributed by atoms with Crippen LogP contribution in [0.15, 0.2) is 0 Å². The molecule has 0 bridgehead atoms. The van der Waals surface area contributed by atoms with Gasteiger partial charge in [-0.15, -0.1) is 4.98 Å². The summed E-state index contributed by atoms with van der Waals surface area (Å²) in [7, 11) is 3.35. The monoisotopic (exact) mass is 286 g/mol. The third-order valence-corrected chi connectivity index (χ3v) is 2.14. The summed E-state index contributed by atoms with van der Waals surface area (Å²) in [6, 6.07) is 0.465. The van der Waals surface area contributed by atoms with Crippen molar-refractivity contribution in [3.63, 3.8) is 0 Å². The Labute approximate surface area is 118 Å². The highest BCUT2D eigenvalue weighted by molar-refractivity contribution is 5.26. The van der Waals surface area contributed by atoms with Gasteiger partial charge in [0.05, 0.1) is 26.4 Å². The molecule has 0 aliphatic rings. The molecule has 1 aromatic heterocycles. The second-order valence-electron chi connectivity index (χ2n) is 3.78. The van der Waals surface area contributed by atoms with E-state index in [1.165, 1.54) is 0 Å². The first-order valence-corrected chi connectivity index (χ1v) is 6.56. The van der Waals surface area contributed by atoms with Crippen molar-refractivity contribution in [2.24, 2.45) is 0 Å². The molecular weight excluding hydrogens is 264 g/mol. The molecule has 0 atom stereocenters. The molecule has 8 nitrogen and oxygen atoms in total. The van der Waals surface area contributed by atoms with Gasteiger partial charge in [-0.3, -0.25) is 0 Å². The molecule has 0 radical (unpaired) electrons. The van der Waals surface area contributed by atoms with Crippen LogP contribution in [0.25, 0.3) is 0 Å². The minimum Gasteiger partial charge on any atom is -0.463 e. The van der Waals surface area contributed by atoms with E-state index >= 15 is 0 Å². The van der Waals surface area contributed by atoms with Gasteiger partial charge < -0.3 is 24.3 Å². The second-order valence-corrected chi connectivity index (χ2v) is 3.78. The predicted molar refractivity (Wildman–Crippen MR) is 73.3 cm³/mol. The third kappa shape index (κ3) is 6.48. The maximum absolute atomic E-state index is 5.40. The number of anilines is 1. The number of rotatable bonds is 11. The lowest BCUT2D eigenvalue weighted by molar-refractivity contribution is 0.0526. The zero-order valence-corrected chi connectivity index (χ0v) is 12.2. The van der Waals surface area contributed by atoms with E-state index in [0.29, 0.717) is 39.0 Å². The van der Waals surface area contributed by atoms with Crippen LogP contribution in [0.2, 0.25) is 0 Å². The first-order chi connectivity index (χ1) is 9.80. The topological polar surface area (TPSA) is 87.6 Å². The first kappa shape index (κ1) is 16.4. The Morgan fingerprint density at radius 2 is 1.55 bits per heavy atom. The molecule has 0 aliphatic carbocycles. The molecule has 20 heavy (non-hydrogen) atoms. The molecular formula is C12H22N4O4. The van der Waals surface area contributed by atoms with Crippen LogP contribution in [-0.2, 0) is 9.47 Å². The Bertz CT molecular complexity index is 378. The van der Waals surface area contributed by atoms with Crippen molar-refractivity contribution in [2.75, 3.05) is 52.5 Å². The van der Waals surface area contributed by atoms with Gasteiger partial charge in [-0.25, -0.2) is 0 Å². The van der Waals surface area contributed by atoms with Crippen LogP contribution < -0.4 is 14.8 Å². The molecule has 1 heterocycles. The van der Waals surface area contributed by atoms with Crippen LogP contribution in [0.5, 0.6) is 12.0 Å². The molecule has 1 aromatic rings. The normalized spacial score (nSPS) is 10.3. The minimum atomic E-state index is 0.214. The number of nitrogens with zero attached hydrogens (tertiary/aromatic N) is 3. The lowest BCUT2D eigenvalue weighted by Crippen LogP contribution is -2.13. The van der Waals surface area contributed by atoms with Crippen molar-refractivity contribution >= 4 is 5.95 Å². The Kier molecular flexibility index (Phi) is 8.32. The number of hydrogen-bond acceptors (Lipinski definition) is 8. The number of aromatic nitrogens is 3. The van der Waals surface area contributed by atoms with Crippen molar-refractivity contribution < 1.29 is 18.9 Å². The fourth-order valence-electron chi connectivity index (χ4n) is 1.21. The molecule has 114 valence electrons. The van der Waals surface area contributed by atoms with Crippen LogP contribution in [0.4, 0.5) is 5.95 Å². The zero-order chi connectivity index (χ0) is 14.6. The van der Waals surface area contributed by atoms with Gasteiger partial charge in [0.15, 0.2) is 0 Å². The van der Waals surface area contributed by atoms with Gasteiger partial charge in [0.25, 0.3) is 0 Å². The highest BCUT2D eigenvalue weighted by Gasteiger charge is 2.07. The lowest BCUT2D eigenvalue weighted by Gasteiger charge is -2.08. The van der Waals surface area contributed by atoms with E-state index in [-0.39, 0.29) is 12.0 Å². The lowest BCUT2D eigenvalue weighted by atomic mass is 10.5. The SMILES string of the molecule is CCCOc1nc(NC)nc(OCCOCCOC)n1. The summed E-state index contributed by atoms with van der Waals surface area (Å²) in [5.41, 5.74) is 0. The zero-order valence-electron chi connectivity index (χ0n) is 12.2. The molecule has 0 saturated heterocycles. The Hall–Kier alpha value is -1.67. The Morgan fingerprint density at radius 1 is 0.900 bits per heavy atom. The molecule has 0 aromatic carbocycles. The molecule has 0 amide bonds. The summed E-state index contributed by atoms with van der Waals surface area (Å²) in [5, 5.41) is 2.83. The van der Waals surface area contributed by atoms with Crippen LogP contribution in [0.3, 0.4) is 0 Å². The predicted octanol–water partition coefficient (Wildman–Crippen LogP) is 0.744. The first-order valence-electron chi connectivity index (χ1n) is 6.56. The number of hydrogen-bond donors (Lipinski definition) is 1. The molecule has 0 unspecified atom stereocenters. The summed E-state index contributed by atoms with van der Waals surface area (Å²) >= 11 is 0. The van der Waals surface area contributed by atoms with Gasteiger partial charge in [0.2, 0.25) is 5.95 Å². The molecule has 1 N–H and O–H groups in total. The van der Waals surface area contributed by atoms with E-state index < -0.39 is 0 Å². The Morgan fingerprint density at radius 3 is 2.15 bits per heavy atom. The van der Waals surface area contributed by atoms with Crippen molar-refractivity contribution in [1.29, 1.82) is 0 Å². The molecule has 0 aliphatic heterocycles. The number of nitrogens with one attached hydrogen (secondary N) is 1. The van der Waals surface area contributed by atoms with Gasteiger partial charge in [0, 0.05) is 14.2 Å². The summed E-state index contributed by atoms with van der Waals surface area (Å²) in [5.74, 6) is 0.404. The van der Waals surface area contributed by atoms with E-state index in [2.05, 4.69) is 20.3 Å². The molecule has 1 rings (SSSR count). The summed E-state index contributed by atoms with van der Waals surface area (Å²) < 4.78 is 20.9. The Balaban J connectivity index is 2.42. The van der Waals surface area contributed by atoms with E-state index in [4.69, 9.17) is 18.9 Å². The van der Waals surface area contributed by atoms with Gasteiger partial charge in [-0.2, -0.15) is 9.97 Å². The van der Waals surface area contributed by atoms with E-state index in [9.17, 15) is 0 Å². The van der Waals surface area contributed by atoms with E-state index in [0.717, 1.165) is 6.42 Å². The van der Waals surface area contributed by atoms with Crippen LogP contribution in [0, 0.1) is 0 Å². The van der Waals surface area contributed by atoms with Crippen LogP contribution >= 0.6 is 0 Å². The molecule has 8 heteroatoms. The highest BCUT2D eigenvalue weighted by Crippen LogP contribution is 2.12. The third-order valence-electron chi connectivity index (χ3n) is 2.14. The largest absolute Gasteiger partial charge is 0.463 e. The van der Waals surface area contributed by atoms with Gasteiger partial charge in [-0.1, -0.05) is 6.92 Å². The highest BCUT2D eigenvalue weighted by atomic mass is 16.5. The van der Waals surface area contributed by atoms with E-state index in [1.54, 1.807) is 14.2 Å². The maximum atomic E-state index is 5.40. The van der Waals surface area contributed by atoms with Crippen molar-refractivity contribution in [3.8, 4) is 12.0 Å². The second kappa shape index (κ2) is 10.2. The minimum absolute atomic E-state index is 0.214. The van der Waals surface area contributed by atoms with Crippen molar-refractivity contribution in [2.45, 2.75) is 13.3 Å². The fourth-order valence-corrected chi connectivity index (χ4v) is 1.21. The average Bonchev–Trinajstić information content (AvgIpc) is 2.48. The van der Waals surface area contributed by atoms with Crippen molar-refractivity contribution in [1.82, 2.24) is 15.0 Å². The van der Waals surface area contributed by atoms with E-state index in [1.807, 2.05) is 6.92 Å². The summed E-state index contributed by atoms with van der Waals surface area (Å²) in [4.78, 5) is 12.2. The van der Waals surface area contributed by atoms with Gasteiger partial charge in [-0.05, 0) is 6.42 Å². The fraction of sp³-hybridized carbons (Fsp3) is 0.750. The average molecular weight is 286 g/mol. The molecule has 0 saturated carbocycles. The van der Waals surface area contributed by atoms with Gasteiger partial charge in [0.1, 0.15) is 6.61 Å². The van der Waals surface area contributed by atoms with Gasteiger partial charge >= 0.3 is 12.0 Å². The van der Waals surface area contributed by atoms with Crippen molar-refractivity contribution in [3.05, 3.63) is 0 Å². The molecule has 0 fully saturated rings. The van der Waals surface area contributed by atoms with Crippen LogP contribution in [0.1, 0.15) is 13.3 Å². The smallest absolute Gasteiger partial charge is 0.324 e. The summed E-state index contributed by atoms with van der Waals surface area (Å²) in [6.45, 7) is 4.44. The molecule has 0 spiro atoms. The number of ether oxygens (including phenoxy) is 4. The maximum Gasteiger partial charge on any atom is 0.324 e. The number of methoxy groups -OCH3 is 1. The standard InChI is InChI=1S/C12H22N4O4/c1-4-5-19-11-14-10(13-2)15-12(16-11)20-9-8-18-7-6-17-3/h4-9H2,1-3H3,(H,13,14,15,16).